The Morgan fingerprint density at radius 1 is 0.952 bits per heavy atom. The van der Waals surface area contributed by atoms with Crippen molar-refractivity contribution in [1.82, 2.24) is 10.3 Å². The van der Waals surface area contributed by atoms with Crippen molar-refractivity contribution >= 4 is 5.57 Å². The molecule has 1 fully saturated rings. The summed E-state index contributed by atoms with van der Waals surface area (Å²) in [5.41, 5.74) is 5.02. The summed E-state index contributed by atoms with van der Waals surface area (Å²) in [5, 5.41) is 3.53. The first kappa shape index (κ1) is 12.8. The van der Waals surface area contributed by atoms with Gasteiger partial charge in [-0.2, -0.15) is 0 Å². The molecule has 1 aliphatic heterocycles. The average Bonchev–Trinajstić information content (AvgIpc) is 2.55. The molecule has 1 aliphatic carbocycles. The summed E-state index contributed by atoms with van der Waals surface area (Å²) in [5.74, 6) is 1.51. The zero-order valence-corrected chi connectivity index (χ0v) is 12.1. The maximum absolute atomic E-state index is 4.66. The largest absolute Gasteiger partial charge is 0.316 e. The van der Waals surface area contributed by atoms with Crippen LogP contribution in [0, 0.1) is 11.8 Å². The molecule has 2 heterocycles. The number of aromatic nitrogens is 1. The molecule has 2 bridgehead atoms. The molecule has 0 unspecified atom stereocenters. The molecule has 21 heavy (non-hydrogen) atoms. The minimum absolute atomic E-state index is 0.710. The van der Waals surface area contributed by atoms with Crippen molar-refractivity contribution < 1.29 is 0 Å². The average molecular weight is 276 g/mol. The Morgan fingerprint density at radius 3 is 2.62 bits per heavy atom. The van der Waals surface area contributed by atoms with Gasteiger partial charge in [-0.25, -0.2) is 0 Å². The Bertz CT molecular complexity index is 643. The van der Waals surface area contributed by atoms with Gasteiger partial charge in [0.15, 0.2) is 0 Å². The maximum Gasteiger partial charge on any atom is 0.0702 e. The fraction of sp³-hybridized carbons (Fsp3) is 0.316. The predicted molar refractivity (Wildman–Crippen MR) is 86.7 cm³/mol. The lowest BCUT2D eigenvalue weighted by atomic mass is 9.78. The molecule has 106 valence electrons. The summed E-state index contributed by atoms with van der Waals surface area (Å²) in [4.78, 5) is 4.66. The van der Waals surface area contributed by atoms with Crippen molar-refractivity contribution in [2.45, 2.75) is 12.8 Å². The Kier molecular flexibility index (Phi) is 3.32. The van der Waals surface area contributed by atoms with Crippen LogP contribution in [0.3, 0.4) is 0 Å². The minimum atomic E-state index is 0.710. The molecule has 1 saturated heterocycles. The Hall–Kier alpha value is -1.93. The third kappa shape index (κ3) is 2.64. The van der Waals surface area contributed by atoms with Crippen LogP contribution in [0.1, 0.15) is 18.4 Å². The van der Waals surface area contributed by atoms with Gasteiger partial charge in [-0.3, -0.25) is 4.98 Å². The van der Waals surface area contributed by atoms with Crippen molar-refractivity contribution in [3.8, 4) is 11.3 Å². The van der Waals surface area contributed by atoms with Crippen molar-refractivity contribution in [3.05, 3.63) is 60.3 Å². The smallest absolute Gasteiger partial charge is 0.0702 e. The monoisotopic (exact) mass is 276 g/mol. The fourth-order valence-electron chi connectivity index (χ4n) is 3.59. The summed E-state index contributed by atoms with van der Waals surface area (Å²) in [6.07, 6.45) is 7.05. The van der Waals surface area contributed by atoms with Crippen molar-refractivity contribution in [2.24, 2.45) is 11.8 Å². The second-order valence-electron chi connectivity index (χ2n) is 6.21. The summed E-state index contributed by atoms with van der Waals surface area (Å²) < 4.78 is 0. The van der Waals surface area contributed by atoms with Crippen molar-refractivity contribution in [3.63, 3.8) is 0 Å². The van der Waals surface area contributed by atoms with Crippen LogP contribution in [0.25, 0.3) is 16.8 Å². The van der Waals surface area contributed by atoms with E-state index in [-0.39, 0.29) is 0 Å². The molecule has 2 aliphatic rings. The highest BCUT2D eigenvalue weighted by Crippen LogP contribution is 2.35. The molecule has 1 aromatic heterocycles. The van der Waals surface area contributed by atoms with Gasteiger partial charge in [-0.05, 0) is 48.4 Å². The van der Waals surface area contributed by atoms with Gasteiger partial charge in [0.05, 0.1) is 5.69 Å². The van der Waals surface area contributed by atoms with Crippen LogP contribution in [0.2, 0.25) is 0 Å². The highest BCUT2D eigenvalue weighted by molar-refractivity contribution is 5.68. The molecule has 2 aromatic rings. The van der Waals surface area contributed by atoms with Gasteiger partial charge in [0, 0.05) is 18.3 Å². The number of nitrogens with one attached hydrogen (secondary N) is 1. The first-order valence-electron chi connectivity index (χ1n) is 7.82. The van der Waals surface area contributed by atoms with E-state index >= 15 is 0 Å². The van der Waals surface area contributed by atoms with Crippen molar-refractivity contribution in [2.75, 3.05) is 13.1 Å². The van der Waals surface area contributed by atoms with Crippen LogP contribution in [0.15, 0.2) is 54.7 Å². The highest BCUT2D eigenvalue weighted by atomic mass is 14.9. The van der Waals surface area contributed by atoms with Gasteiger partial charge in [-0.15, -0.1) is 0 Å². The number of rotatable bonds is 2. The molecule has 0 spiro atoms. The van der Waals surface area contributed by atoms with Gasteiger partial charge in [0.25, 0.3) is 0 Å². The second-order valence-corrected chi connectivity index (χ2v) is 6.21. The lowest BCUT2D eigenvalue weighted by Crippen LogP contribution is -2.37. The minimum Gasteiger partial charge on any atom is -0.316 e. The Balaban J connectivity index is 1.61. The van der Waals surface area contributed by atoms with Gasteiger partial charge < -0.3 is 5.32 Å². The zero-order chi connectivity index (χ0) is 14.1. The predicted octanol–water partition coefficient (Wildman–Crippen LogP) is 3.76. The Morgan fingerprint density at radius 2 is 1.86 bits per heavy atom. The van der Waals surface area contributed by atoms with Gasteiger partial charge in [-0.1, -0.05) is 42.5 Å². The van der Waals surface area contributed by atoms with E-state index < -0.39 is 0 Å². The first-order chi connectivity index (χ1) is 10.4. The van der Waals surface area contributed by atoms with Gasteiger partial charge in [0.2, 0.25) is 0 Å². The first-order valence-corrected chi connectivity index (χ1v) is 7.82. The van der Waals surface area contributed by atoms with Gasteiger partial charge >= 0.3 is 0 Å². The summed E-state index contributed by atoms with van der Waals surface area (Å²) in [7, 11) is 0. The zero-order valence-electron chi connectivity index (χ0n) is 12.1. The summed E-state index contributed by atoms with van der Waals surface area (Å²) in [6, 6.07) is 14.8. The molecule has 0 saturated carbocycles. The molecule has 2 atom stereocenters. The standard InChI is InChI=1S/C19H20N2/c1-2-4-16(5-3-1)19-7-6-17(13-21-19)18-9-14-8-15(10-18)12-20-11-14/h1-7,9,13-15,20H,8,10-12H2/t14-,15+/m1/s1. The third-order valence-corrected chi connectivity index (χ3v) is 4.62. The maximum atomic E-state index is 4.66. The molecule has 0 amide bonds. The van der Waals surface area contributed by atoms with E-state index in [4.69, 9.17) is 0 Å². The van der Waals surface area contributed by atoms with Crippen LogP contribution in [-0.4, -0.2) is 18.1 Å². The number of benzene rings is 1. The summed E-state index contributed by atoms with van der Waals surface area (Å²) in [6.45, 7) is 2.30. The molecule has 0 radical (unpaired) electrons. The number of hydrogen-bond acceptors (Lipinski definition) is 2. The number of hydrogen-bond donors (Lipinski definition) is 1. The second kappa shape index (κ2) is 5.45. The van der Waals surface area contributed by atoms with E-state index in [0.717, 1.165) is 18.2 Å². The number of nitrogens with zero attached hydrogens (tertiary/aromatic N) is 1. The molecule has 1 N–H and O–H groups in total. The summed E-state index contributed by atoms with van der Waals surface area (Å²) >= 11 is 0. The molecule has 2 nitrogen and oxygen atoms in total. The molecule has 1 aromatic carbocycles. The van der Waals surface area contributed by atoms with Crippen LogP contribution in [-0.2, 0) is 0 Å². The lowest BCUT2D eigenvalue weighted by Gasteiger charge is -2.34. The third-order valence-electron chi connectivity index (χ3n) is 4.62. The van der Waals surface area contributed by atoms with Crippen LogP contribution in [0.5, 0.6) is 0 Å². The van der Waals surface area contributed by atoms with E-state index in [2.05, 4.69) is 52.8 Å². The quantitative estimate of drug-likeness (QED) is 0.903. The molecule has 2 heteroatoms. The molecular formula is C19H20N2. The van der Waals surface area contributed by atoms with E-state index in [1.807, 2.05) is 12.3 Å². The fourth-order valence-corrected chi connectivity index (χ4v) is 3.59. The number of pyridine rings is 1. The lowest BCUT2D eigenvalue weighted by molar-refractivity contribution is 0.317. The number of fused-ring (bicyclic) bond motifs is 2. The van der Waals surface area contributed by atoms with Crippen LogP contribution in [0.4, 0.5) is 0 Å². The number of allylic oxidation sites excluding steroid dienone is 1. The normalized spacial score (nSPS) is 24.5. The molecule has 4 rings (SSSR count). The number of piperidine rings is 1. The highest BCUT2D eigenvalue weighted by Gasteiger charge is 2.26. The van der Waals surface area contributed by atoms with E-state index in [1.54, 1.807) is 0 Å². The van der Waals surface area contributed by atoms with Crippen molar-refractivity contribution in [1.29, 1.82) is 0 Å². The van der Waals surface area contributed by atoms with E-state index in [9.17, 15) is 0 Å². The van der Waals surface area contributed by atoms with Gasteiger partial charge in [0.1, 0.15) is 0 Å². The molecular weight excluding hydrogens is 256 g/mol. The Labute approximate surface area is 125 Å². The van der Waals surface area contributed by atoms with Crippen LogP contribution < -0.4 is 5.32 Å². The van der Waals surface area contributed by atoms with E-state index in [0.29, 0.717) is 5.92 Å². The SMILES string of the molecule is C1=C(c2ccc(-c3ccccc3)nc2)C[C@H]2CNC[C@@H]1C2. The topological polar surface area (TPSA) is 24.9 Å². The van der Waals surface area contributed by atoms with Crippen LogP contribution >= 0.6 is 0 Å². The van der Waals surface area contributed by atoms with E-state index in [1.165, 1.54) is 36.1 Å².